The minimum atomic E-state index is -1.19. The van der Waals surface area contributed by atoms with Crippen molar-refractivity contribution in [1.82, 2.24) is 9.80 Å². The summed E-state index contributed by atoms with van der Waals surface area (Å²) in [4.78, 5) is 16.7. The maximum Gasteiger partial charge on any atom is 0.320 e. The molecule has 202 valence electrons. The van der Waals surface area contributed by atoms with Gasteiger partial charge in [0, 0.05) is 57.4 Å². The van der Waals surface area contributed by atoms with Crippen LogP contribution in [0.4, 0.5) is 4.79 Å². The van der Waals surface area contributed by atoms with Gasteiger partial charge in [0.15, 0.2) is 0 Å². The van der Waals surface area contributed by atoms with Crippen LogP contribution in [-0.4, -0.2) is 78.1 Å². The zero-order chi connectivity index (χ0) is 26.4. The Balaban J connectivity index is 1.61. The quantitative estimate of drug-likeness (QED) is 0.444. The summed E-state index contributed by atoms with van der Waals surface area (Å²) in [6, 6.07) is 15.0. The molecule has 4 N–H and O–H groups in total. The number of aliphatic hydroxyl groups excluding tert-OH is 1. The van der Waals surface area contributed by atoms with Gasteiger partial charge in [0.2, 0.25) is 0 Å². The Morgan fingerprint density at radius 1 is 1.05 bits per heavy atom. The van der Waals surface area contributed by atoms with E-state index in [1.165, 1.54) is 0 Å². The summed E-state index contributed by atoms with van der Waals surface area (Å²) in [6.07, 6.45) is 3.03. The third-order valence-electron chi connectivity index (χ3n) is 7.79. The number of nitrogens with two attached hydrogens (primary N) is 1. The number of amides is 2. The third kappa shape index (κ3) is 6.26. The third-order valence-corrected chi connectivity index (χ3v) is 7.79. The SMILES string of the molecule is COCCCC[C@](O)(c1ccccc1Oc1ccccc1C)C1CCCN(C(=O)N2C[C@@H](N)[C@H](O)C2)C1. The van der Waals surface area contributed by atoms with Crippen LogP contribution in [0.1, 0.15) is 43.2 Å². The molecule has 4 rings (SSSR count). The molecule has 0 aromatic heterocycles. The van der Waals surface area contributed by atoms with Crippen LogP contribution in [0, 0.1) is 12.8 Å². The van der Waals surface area contributed by atoms with Gasteiger partial charge in [-0.3, -0.25) is 0 Å². The lowest BCUT2D eigenvalue weighted by Crippen LogP contribution is -2.51. The van der Waals surface area contributed by atoms with Gasteiger partial charge in [-0.25, -0.2) is 4.79 Å². The smallest absolute Gasteiger partial charge is 0.320 e. The molecule has 0 bridgehead atoms. The molecular formula is C29H41N3O5. The lowest BCUT2D eigenvalue weighted by molar-refractivity contribution is -0.0587. The fourth-order valence-corrected chi connectivity index (χ4v) is 5.61. The maximum atomic E-state index is 13.3. The van der Waals surface area contributed by atoms with E-state index in [9.17, 15) is 15.0 Å². The van der Waals surface area contributed by atoms with Crippen molar-refractivity contribution in [1.29, 1.82) is 0 Å². The van der Waals surface area contributed by atoms with E-state index in [0.717, 1.165) is 42.6 Å². The number of carbonyl (C=O) groups is 1. The highest BCUT2D eigenvalue weighted by Gasteiger charge is 2.44. The van der Waals surface area contributed by atoms with Crippen molar-refractivity contribution in [3.8, 4) is 11.5 Å². The molecule has 2 aliphatic rings. The first-order valence-electron chi connectivity index (χ1n) is 13.3. The highest BCUT2D eigenvalue weighted by molar-refractivity contribution is 5.75. The molecule has 2 aromatic carbocycles. The molecule has 2 fully saturated rings. The first kappa shape index (κ1) is 27.4. The molecule has 0 radical (unpaired) electrons. The van der Waals surface area contributed by atoms with E-state index in [0.29, 0.717) is 38.4 Å². The molecule has 2 saturated heterocycles. The Morgan fingerprint density at radius 2 is 1.78 bits per heavy atom. The van der Waals surface area contributed by atoms with Crippen molar-refractivity contribution >= 4 is 6.03 Å². The van der Waals surface area contributed by atoms with Crippen LogP contribution in [0.5, 0.6) is 11.5 Å². The van der Waals surface area contributed by atoms with Gasteiger partial charge in [0.05, 0.1) is 11.7 Å². The predicted molar refractivity (Wildman–Crippen MR) is 143 cm³/mol. The van der Waals surface area contributed by atoms with Crippen LogP contribution in [0.25, 0.3) is 0 Å². The van der Waals surface area contributed by atoms with Gasteiger partial charge in [-0.1, -0.05) is 36.4 Å². The van der Waals surface area contributed by atoms with E-state index in [1.807, 2.05) is 60.4 Å². The summed E-state index contributed by atoms with van der Waals surface area (Å²) >= 11 is 0. The molecular weight excluding hydrogens is 470 g/mol. The van der Waals surface area contributed by atoms with Gasteiger partial charge < -0.3 is 35.2 Å². The normalized spacial score (nSPS) is 23.6. The zero-order valence-electron chi connectivity index (χ0n) is 22.0. The Hall–Kier alpha value is -2.65. The Labute approximate surface area is 220 Å². The van der Waals surface area contributed by atoms with Gasteiger partial charge in [0.25, 0.3) is 0 Å². The largest absolute Gasteiger partial charge is 0.457 e. The van der Waals surface area contributed by atoms with Crippen molar-refractivity contribution in [2.75, 3.05) is 39.9 Å². The highest BCUT2D eigenvalue weighted by atomic mass is 16.5. The topological polar surface area (TPSA) is 108 Å². The number of methoxy groups -OCH3 is 1. The number of carbonyl (C=O) groups excluding carboxylic acids is 1. The molecule has 2 aromatic rings. The second-order valence-corrected chi connectivity index (χ2v) is 10.4. The van der Waals surface area contributed by atoms with E-state index in [1.54, 1.807) is 12.0 Å². The first-order valence-corrected chi connectivity index (χ1v) is 13.3. The Kier molecular flexibility index (Phi) is 9.08. The number of para-hydroxylation sites is 2. The summed E-state index contributed by atoms with van der Waals surface area (Å²) in [7, 11) is 1.68. The highest BCUT2D eigenvalue weighted by Crippen LogP contribution is 2.44. The van der Waals surface area contributed by atoms with Crippen molar-refractivity contribution in [2.24, 2.45) is 11.7 Å². The molecule has 0 aliphatic carbocycles. The summed E-state index contributed by atoms with van der Waals surface area (Å²) in [5.74, 6) is 1.21. The minimum Gasteiger partial charge on any atom is -0.457 e. The number of hydrogen-bond acceptors (Lipinski definition) is 6. The van der Waals surface area contributed by atoms with Gasteiger partial charge >= 0.3 is 6.03 Å². The number of aliphatic hydroxyl groups is 2. The van der Waals surface area contributed by atoms with Gasteiger partial charge in [-0.15, -0.1) is 0 Å². The van der Waals surface area contributed by atoms with Crippen LogP contribution < -0.4 is 10.5 Å². The summed E-state index contributed by atoms with van der Waals surface area (Å²) in [5, 5.41) is 22.5. The van der Waals surface area contributed by atoms with E-state index in [4.69, 9.17) is 15.2 Å². The summed E-state index contributed by atoms with van der Waals surface area (Å²) < 4.78 is 11.6. The molecule has 37 heavy (non-hydrogen) atoms. The van der Waals surface area contributed by atoms with Crippen molar-refractivity contribution in [3.63, 3.8) is 0 Å². The second kappa shape index (κ2) is 12.3. The predicted octanol–water partition coefficient (Wildman–Crippen LogP) is 3.63. The molecule has 4 atom stereocenters. The number of nitrogens with zero attached hydrogens (tertiary/aromatic N) is 2. The maximum absolute atomic E-state index is 13.3. The van der Waals surface area contributed by atoms with Gasteiger partial charge in [0.1, 0.15) is 11.5 Å². The molecule has 2 aliphatic heterocycles. The molecule has 2 heterocycles. The van der Waals surface area contributed by atoms with E-state index in [2.05, 4.69) is 0 Å². The van der Waals surface area contributed by atoms with Crippen LogP contribution in [0.2, 0.25) is 0 Å². The first-order chi connectivity index (χ1) is 17.8. The number of β-amino-alcohol motifs (C(OH)–C–C–N with tert-alkyl or cyclic N) is 1. The van der Waals surface area contributed by atoms with Crippen molar-refractivity contribution in [2.45, 2.75) is 56.8 Å². The number of aryl methyl sites for hydroxylation is 1. The number of rotatable bonds is 9. The average Bonchev–Trinajstić information content (AvgIpc) is 3.25. The number of unbranched alkanes of at least 4 members (excludes halogenated alkanes) is 1. The monoisotopic (exact) mass is 511 g/mol. The average molecular weight is 512 g/mol. The molecule has 8 heteroatoms. The Morgan fingerprint density at radius 3 is 2.49 bits per heavy atom. The Bertz CT molecular complexity index is 1040. The second-order valence-electron chi connectivity index (χ2n) is 10.4. The number of hydrogen-bond donors (Lipinski definition) is 3. The molecule has 2 amide bonds. The van der Waals surface area contributed by atoms with Crippen molar-refractivity contribution in [3.05, 3.63) is 59.7 Å². The van der Waals surface area contributed by atoms with Gasteiger partial charge in [-0.05, 0) is 56.7 Å². The number of piperidine rings is 1. The van der Waals surface area contributed by atoms with E-state index < -0.39 is 17.7 Å². The van der Waals surface area contributed by atoms with E-state index in [-0.39, 0.29) is 18.5 Å². The number of likely N-dealkylation sites (tertiary alicyclic amines) is 2. The van der Waals surface area contributed by atoms with Crippen LogP contribution in [-0.2, 0) is 10.3 Å². The van der Waals surface area contributed by atoms with Crippen molar-refractivity contribution < 1.29 is 24.5 Å². The molecule has 0 spiro atoms. The molecule has 8 nitrogen and oxygen atoms in total. The fourth-order valence-electron chi connectivity index (χ4n) is 5.61. The number of benzene rings is 2. The summed E-state index contributed by atoms with van der Waals surface area (Å²) in [6.45, 7) is 4.27. The van der Waals surface area contributed by atoms with Crippen LogP contribution in [0.3, 0.4) is 0 Å². The zero-order valence-corrected chi connectivity index (χ0v) is 22.0. The van der Waals surface area contributed by atoms with Crippen LogP contribution in [0.15, 0.2) is 48.5 Å². The summed E-state index contributed by atoms with van der Waals surface area (Å²) in [5.41, 5.74) is 6.52. The number of ether oxygens (including phenoxy) is 2. The molecule has 1 unspecified atom stereocenters. The van der Waals surface area contributed by atoms with E-state index >= 15 is 0 Å². The lowest BCUT2D eigenvalue weighted by atomic mass is 9.73. The standard InChI is InChI=1S/C29H41N3O5/c1-21-10-3-5-13-26(21)37-27-14-6-4-12-23(27)29(35,15-7-8-17-36-2)22-11-9-16-31(18-22)28(34)32-19-24(30)25(33)20-32/h3-6,10,12-14,22,24-25,33,35H,7-9,11,15-20,30H2,1-2H3/t22?,24-,25-,29-/m1/s1. The number of urea groups is 1. The van der Waals surface area contributed by atoms with Crippen LogP contribution >= 0.6 is 0 Å². The fraction of sp³-hybridized carbons (Fsp3) is 0.552. The van der Waals surface area contributed by atoms with Gasteiger partial charge in [-0.2, -0.15) is 0 Å². The minimum absolute atomic E-state index is 0.122. The lowest BCUT2D eigenvalue weighted by Gasteiger charge is -2.44. The molecule has 0 saturated carbocycles.